The van der Waals surface area contributed by atoms with Gasteiger partial charge in [0.05, 0.1) is 25.9 Å². The standard InChI is InChI=1S/C20H29N10O22P5.5Na/c21-15-9-17(25-3-23-15)29(5-27-9)19-13(33)11(31)7(47-19)1-45-53(35,36)49-55(39,40)51-57(43,44)52-56(41,42)50-54(37,38)46-2-8-12(32)14(34)20(48-8)30-6-28-10-16(22)24-4-26-18(10)30;;;;;/h3-8,11-14,19-20,31-34H,1-2H2,(H,35,36)(H,37,38)(H,39,40)(H,41,42)(H,43,44)(H2,21,23,25)(H2,22,24,26);;;;;/q;5*+1/p-5. The SMILES string of the molecule is Nc1ncnc2c1ncn2C1OC(COP(=O)([O-])OP(=O)([O-])OP(=O)([O-])OP(=O)([O-])OP(=O)([O-])OCC2OC(n3cnc4c(N)ncnc43)C(O)C2O)C(O)C1O.[Na+].[Na+].[Na+].[Na+].[Na+]. The number of phosphoric ester groups is 2. The Kier molecular flexibility index (Phi) is 24.4. The number of ether oxygens (including phenoxy) is 2. The molecular weight excluding hydrogens is 1000 g/mol. The normalized spacial score (nSPS) is 28.3. The second-order valence-electron chi connectivity index (χ2n) is 11.4. The molecule has 4 aromatic rings. The van der Waals surface area contributed by atoms with E-state index >= 15 is 0 Å². The van der Waals surface area contributed by atoms with Crippen LogP contribution in [-0.4, -0.2) is 109 Å². The minimum atomic E-state index is -6.88. The van der Waals surface area contributed by atoms with Crippen molar-refractivity contribution in [2.24, 2.45) is 0 Å². The third-order valence-electron chi connectivity index (χ3n) is 7.59. The zero-order valence-corrected chi connectivity index (χ0v) is 46.9. The molecule has 6 rings (SSSR count). The van der Waals surface area contributed by atoms with E-state index in [0.29, 0.717) is 0 Å². The summed E-state index contributed by atoms with van der Waals surface area (Å²) in [4.78, 5) is 83.8. The van der Waals surface area contributed by atoms with E-state index in [-0.39, 0.29) is 182 Å². The molecule has 2 aliphatic rings. The molecule has 2 aliphatic heterocycles. The van der Waals surface area contributed by atoms with E-state index in [9.17, 15) is 67.7 Å². The van der Waals surface area contributed by atoms with Crippen molar-refractivity contribution in [2.45, 2.75) is 49.1 Å². The molecule has 4 aromatic heterocycles. The predicted octanol–water partition coefficient (Wildman–Crippen LogP) is -20.5. The van der Waals surface area contributed by atoms with Crippen molar-refractivity contribution in [1.29, 1.82) is 0 Å². The van der Waals surface area contributed by atoms with Crippen molar-refractivity contribution >= 4 is 73.1 Å². The van der Waals surface area contributed by atoms with Gasteiger partial charge in [-0.2, -0.15) is 0 Å². The van der Waals surface area contributed by atoms with Crippen LogP contribution >= 0.6 is 39.1 Å². The Morgan fingerprint density at radius 3 is 1.16 bits per heavy atom. The number of aromatic nitrogens is 8. The number of hydrogen-bond acceptors (Lipinski definition) is 30. The van der Waals surface area contributed by atoms with Gasteiger partial charge in [0, 0.05) is 0 Å². The summed E-state index contributed by atoms with van der Waals surface area (Å²) in [5, 5.41) is 41.6. The first-order valence-corrected chi connectivity index (χ1v) is 22.3. The molecule has 2 fully saturated rings. The first kappa shape index (κ1) is 62.2. The number of aliphatic hydroxyl groups is 4. The molecule has 0 bridgehead atoms. The summed E-state index contributed by atoms with van der Waals surface area (Å²) < 4.78 is 96.0. The summed E-state index contributed by atoms with van der Waals surface area (Å²) in [7, 11) is -32.8. The molecule has 0 aromatic carbocycles. The Hall–Kier alpha value is 2.17. The van der Waals surface area contributed by atoms with Crippen LogP contribution in [-0.2, 0) is 58.6 Å². The van der Waals surface area contributed by atoms with Gasteiger partial charge in [-0.3, -0.25) is 32.0 Å². The van der Waals surface area contributed by atoms with Gasteiger partial charge in [-0.1, -0.05) is 0 Å². The van der Waals surface area contributed by atoms with Crippen molar-refractivity contribution < 1.29 is 251 Å². The van der Waals surface area contributed by atoms with Crippen molar-refractivity contribution in [3.63, 3.8) is 0 Å². The van der Waals surface area contributed by atoms with Crippen LogP contribution in [0.1, 0.15) is 12.5 Å². The Morgan fingerprint density at radius 1 is 0.532 bits per heavy atom. The Morgan fingerprint density at radius 2 is 0.839 bits per heavy atom. The van der Waals surface area contributed by atoms with Crippen LogP contribution in [0.4, 0.5) is 11.6 Å². The molecule has 0 aliphatic carbocycles. The molecule has 62 heavy (non-hydrogen) atoms. The van der Waals surface area contributed by atoms with Gasteiger partial charge in [0.1, 0.15) is 60.3 Å². The number of rotatable bonds is 16. The largest absolute Gasteiger partial charge is 1.00 e. The Bertz CT molecular complexity index is 2250. The van der Waals surface area contributed by atoms with Crippen LogP contribution < -0.4 is 184 Å². The number of nitrogens with two attached hydrogens (primary N) is 2. The average Bonchev–Trinajstić information content (AvgIpc) is 3.83. The molecule has 0 amide bonds. The zero-order valence-electron chi connectivity index (χ0n) is 32.4. The summed E-state index contributed by atoms with van der Waals surface area (Å²) in [6.45, 7) is -2.58. The Labute approximate surface area is 456 Å². The molecule has 12 atom stereocenters. The molecule has 12 unspecified atom stereocenters. The summed E-state index contributed by atoms with van der Waals surface area (Å²) in [6.07, 6.45) is -9.67. The van der Waals surface area contributed by atoms with Gasteiger partial charge in [-0.25, -0.2) is 47.1 Å². The van der Waals surface area contributed by atoms with Crippen molar-refractivity contribution in [1.82, 2.24) is 39.0 Å². The number of hydrogen-bond donors (Lipinski definition) is 6. The number of imidazole rings is 2. The molecule has 316 valence electrons. The molecule has 6 heterocycles. The second kappa shape index (κ2) is 24.3. The maximum Gasteiger partial charge on any atom is 1.00 e. The zero-order chi connectivity index (χ0) is 41.9. The van der Waals surface area contributed by atoms with Crippen LogP contribution in [0.25, 0.3) is 22.3 Å². The van der Waals surface area contributed by atoms with E-state index in [2.05, 4.69) is 56.2 Å². The van der Waals surface area contributed by atoms with E-state index < -0.39 is 101 Å². The fraction of sp³-hybridized carbons (Fsp3) is 0.500. The topological polar surface area (TPSA) is 495 Å². The number of fused-ring (bicyclic) bond motifs is 2. The molecule has 0 spiro atoms. The van der Waals surface area contributed by atoms with Crippen LogP contribution in [0.5, 0.6) is 0 Å². The maximum atomic E-state index is 12.2. The number of nitrogen functional groups attached to an aromatic ring is 2. The predicted molar refractivity (Wildman–Crippen MR) is 166 cm³/mol. The number of aliphatic hydroxyl groups excluding tert-OH is 4. The fourth-order valence-corrected chi connectivity index (χ4v) is 11.3. The minimum Gasteiger partial charge on any atom is -0.756 e. The number of nitrogens with zero attached hydrogens (tertiary/aromatic N) is 8. The van der Waals surface area contributed by atoms with Crippen LogP contribution in [0.3, 0.4) is 0 Å². The molecule has 42 heteroatoms. The average molecular weight is 1030 g/mol. The molecule has 8 N–H and O–H groups in total. The van der Waals surface area contributed by atoms with Gasteiger partial charge in [-0.15, -0.1) is 0 Å². The minimum absolute atomic E-state index is 0. The van der Waals surface area contributed by atoms with Crippen LogP contribution in [0.2, 0.25) is 0 Å². The van der Waals surface area contributed by atoms with E-state index in [1.807, 2.05) is 0 Å². The maximum absolute atomic E-state index is 12.2. The summed E-state index contributed by atoms with van der Waals surface area (Å²) in [6, 6.07) is 0. The van der Waals surface area contributed by atoms with Crippen LogP contribution in [0.15, 0.2) is 25.3 Å². The fourth-order valence-electron chi connectivity index (χ4n) is 5.22. The third kappa shape index (κ3) is 15.1. The van der Waals surface area contributed by atoms with Crippen molar-refractivity contribution in [3.05, 3.63) is 25.3 Å². The second-order valence-corrected chi connectivity index (χ2v) is 19.0. The first-order valence-electron chi connectivity index (χ1n) is 15.0. The van der Waals surface area contributed by atoms with Crippen LogP contribution in [0, 0.1) is 0 Å². The van der Waals surface area contributed by atoms with Gasteiger partial charge >= 0.3 is 148 Å². The van der Waals surface area contributed by atoms with Gasteiger partial charge in [-0.05, 0) is 0 Å². The van der Waals surface area contributed by atoms with Gasteiger partial charge < -0.3 is 74.9 Å². The van der Waals surface area contributed by atoms with E-state index in [4.69, 9.17) is 20.9 Å². The quantitative estimate of drug-likeness (QED) is 0.0448. The summed E-state index contributed by atoms with van der Waals surface area (Å²) in [5.74, 6) is -0.127. The third-order valence-corrected chi connectivity index (χ3v) is 14.9. The van der Waals surface area contributed by atoms with Gasteiger partial charge in [0.25, 0.3) is 39.1 Å². The molecular formula is C20H24N10Na5O22P5. The smallest absolute Gasteiger partial charge is 0.756 e. The molecule has 2 saturated heterocycles. The number of anilines is 2. The summed E-state index contributed by atoms with van der Waals surface area (Å²) in [5.41, 5.74) is 11.5. The van der Waals surface area contributed by atoms with Crippen molar-refractivity contribution in [3.8, 4) is 0 Å². The van der Waals surface area contributed by atoms with E-state index in [1.54, 1.807) is 0 Å². The summed E-state index contributed by atoms with van der Waals surface area (Å²) >= 11 is 0. The van der Waals surface area contributed by atoms with Gasteiger partial charge in [0.15, 0.2) is 35.4 Å². The van der Waals surface area contributed by atoms with Crippen molar-refractivity contribution in [2.75, 3.05) is 24.7 Å². The first-order chi connectivity index (χ1) is 26.4. The van der Waals surface area contributed by atoms with E-state index in [1.165, 1.54) is 0 Å². The van der Waals surface area contributed by atoms with E-state index in [0.717, 1.165) is 34.4 Å². The molecule has 32 nitrogen and oxygen atoms in total. The van der Waals surface area contributed by atoms with Gasteiger partial charge in [0.2, 0.25) is 0 Å². The Balaban J connectivity index is 0.00000384. The molecule has 0 saturated carbocycles. The molecule has 0 radical (unpaired) electrons. The monoisotopic (exact) mass is 1030 g/mol. The number of phosphoric acid groups is 5.